The molecule has 5 rings (SSSR count). The van der Waals surface area contributed by atoms with Gasteiger partial charge in [-0.3, -0.25) is 4.79 Å². The van der Waals surface area contributed by atoms with Crippen LogP contribution in [0.25, 0.3) is 11.0 Å². The van der Waals surface area contributed by atoms with Crippen LogP contribution in [0.2, 0.25) is 0 Å². The van der Waals surface area contributed by atoms with Crippen molar-refractivity contribution in [3.05, 3.63) is 62.5 Å². The van der Waals surface area contributed by atoms with Gasteiger partial charge in [0, 0.05) is 17.0 Å². The fraction of sp³-hybridized carbons (Fsp3) is 0.346. The summed E-state index contributed by atoms with van der Waals surface area (Å²) in [6, 6.07) is 7.22. The molecular weight excluding hydrogens is 440 g/mol. The van der Waals surface area contributed by atoms with Gasteiger partial charge in [-0.15, -0.1) is 0 Å². The van der Waals surface area contributed by atoms with Crippen LogP contribution in [0.3, 0.4) is 0 Å². The van der Waals surface area contributed by atoms with E-state index in [1.54, 1.807) is 12.1 Å². The molecule has 0 bridgehead atoms. The molecule has 0 saturated heterocycles. The van der Waals surface area contributed by atoms with Gasteiger partial charge in [-0.2, -0.15) is 0 Å². The number of ether oxygens (including phenoxy) is 4. The molecule has 0 saturated carbocycles. The molecule has 3 aromatic rings. The number of methoxy groups -OCH3 is 2. The van der Waals surface area contributed by atoms with Crippen molar-refractivity contribution in [2.45, 2.75) is 38.5 Å². The van der Waals surface area contributed by atoms with E-state index in [1.807, 2.05) is 19.1 Å². The van der Waals surface area contributed by atoms with Crippen molar-refractivity contribution in [3.8, 4) is 17.2 Å². The lowest BCUT2D eigenvalue weighted by molar-refractivity contribution is -0.143. The first-order chi connectivity index (χ1) is 16.4. The van der Waals surface area contributed by atoms with Gasteiger partial charge in [0.25, 0.3) is 0 Å². The zero-order valence-corrected chi connectivity index (χ0v) is 19.2. The Balaban J connectivity index is 1.64. The van der Waals surface area contributed by atoms with E-state index in [-0.39, 0.29) is 30.5 Å². The Morgan fingerprint density at radius 2 is 1.88 bits per heavy atom. The Morgan fingerprint density at radius 1 is 1.09 bits per heavy atom. The van der Waals surface area contributed by atoms with Crippen LogP contribution in [0.1, 0.15) is 46.6 Å². The lowest BCUT2D eigenvalue weighted by atomic mass is 9.82. The van der Waals surface area contributed by atoms with E-state index in [2.05, 4.69) is 4.74 Å². The normalized spacial score (nSPS) is 16.6. The van der Waals surface area contributed by atoms with Gasteiger partial charge in [-0.25, -0.2) is 9.59 Å². The summed E-state index contributed by atoms with van der Waals surface area (Å²) in [5.41, 5.74) is 4.32. The third kappa shape index (κ3) is 3.59. The molecule has 1 aromatic heterocycles. The summed E-state index contributed by atoms with van der Waals surface area (Å²) < 4.78 is 27.0. The lowest BCUT2D eigenvalue weighted by Gasteiger charge is -2.28. The number of fused-ring (bicyclic) bond motifs is 5. The van der Waals surface area contributed by atoms with Gasteiger partial charge in [-0.1, -0.05) is 6.07 Å². The molecule has 1 aliphatic carbocycles. The second kappa shape index (κ2) is 8.52. The Morgan fingerprint density at radius 3 is 2.65 bits per heavy atom. The van der Waals surface area contributed by atoms with Crippen LogP contribution in [0, 0.1) is 6.92 Å². The third-order valence-electron chi connectivity index (χ3n) is 6.56. The summed E-state index contributed by atoms with van der Waals surface area (Å²) >= 11 is 0. The first kappa shape index (κ1) is 22.0. The van der Waals surface area contributed by atoms with Crippen LogP contribution in [-0.2, 0) is 27.2 Å². The number of esters is 2. The van der Waals surface area contributed by atoms with Gasteiger partial charge < -0.3 is 23.4 Å². The van der Waals surface area contributed by atoms with Crippen LogP contribution in [0.4, 0.5) is 0 Å². The predicted octanol–water partition coefficient (Wildman–Crippen LogP) is 3.59. The summed E-state index contributed by atoms with van der Waals surface area (Å²) in [6.07, 6.45) is 2.43. The maximum Gasteiger partial charge on any atom is 0.343 e. The molecule has 0 spiro atoms. The molecule has 34 heavy (non-hydrogen) atoms. The standard InChI is InChI=1S/C26H24O8/c1-13-9-20-24(15-5-4-6-16(15)26(29)33-20)25-23(13)17(11-21(27)34-25)14-7-8-18(19(10-14)30-2)32-12-22(28)31-3/h7-10,17H,4-6,11-12H2,1-3H3/t17-/m1/s1. The Bertz CT molecular complexity index is 1380. The van der Waals surface area contributed by atoms with E-state index in [0.717, 1.165) is 40.5 Å². The molecule has 0 radical (unpaired) electrons. The molecular formula is C26H24O8. The van der Waals surface area contributed by atoms with Gasteiger partial charge in [0.15, 0.2) is 18.1 Å². The number of carbonyl (C=O) groups excluding carboxylic acids is 2. The fourth-order valence-corrected chi connectivity index (χ4v) is 5.01. The maximum absolute atomic E-state index is 12.7. The number of hydrogen-bond donors (Lipinski definition) is 0. The lowest BCUT2D eigenvalue weighted by Crippen LogP contribution is -2.23. The van der Waals surface area contributed by atoms with Crippen molar-refractivity contribution < 1.29 is 33.0 Å². The number of rotatable bonds is 5. The molecule has 1 atom stereocenters. The zero-order chi connectivity index (χ0) is 24.0. The highest BCUT2D eigenvalue weighted by molar-refractivity contribution is 5.95. The second-order valence-electron chi connectivity index (χ2n) is 8.52. The largest absolute Gasteiger partial charge is 0.493 e. The van der Waals surface area contributed by atoms with Gasteiger partial charge in [0.05, 0.1) is 26.0 Å². The van der Waals surface area contributed by atoms with E-state index < -0.39 is 5.97 Å². The van der Waals surface area contributed by atoms with Crippen molar-refractivity contribution in [2.75, 3.05) is 20.8 Å². The minimum atomic E-state index is -0.503. The van der Waals surface area contributed by atoms with Crippen molar-refractivity contribution in [1.82, 2.24) is 0 Å². The van der Waals surface area contributed by atoms with Crippen molar-refractivity contribution >= 4 is 22.9 Å². The molecule has 0 fully saturated rings. The number of hydrogen-bond acceptors (Lipinski definition) is 8. The van der Waals surface area contributed by atoms with E-state index in [0.29, 0.717) is 34.8 Å². The molecule has 0 unspecified atom stereocenters. The van der Waals surface area contributed by atoms with E-state index in [9.17, 15) is 14.4 Å². The number of carbonyl (C=O) groups is 2. The minimum absolute atomic E-state index is 0.157. The first-order valence-electron chi connectivity index (χ1n) is 11.1. The quantitative estimate of drug-likeness (QED) is 0.321. The Hall–Kier alpha value is -3.81. The van der Waals surface area contributed by atoms with Crippen molar-refractivity contribution in [2.24, 2.45) is 0 Å². The smallest absolute Gasteiger partial charge is 0.343 e. The zero-order valence-electron chi connectivity index (χ0n) is 19.2. The van der Waals surface area contributed by atoms with Gasteiger partial charge >= 0.3 is 17.6 Å². The van der Waals surface area contributed by atoms with E-state index >= 15 is 0 Å². The monoisotopic (exact) mass is 464 g/mol. The van der Waals surface area contributed by atoms with Crippen molar-refractivity contribution in [3.63, 3.8) is 0 Å². The second-order valence-corrected chi connectivity index (χ2v) is 8.52. The van der Waals surface area contributed by atoms with Crippen LogP contribution in [-0.4, -0.2) is 32.8 Å². The molecule has 0 amide bonds. The van der Waals surface area contributed by atoms with Gasteiger partial charge in [0.1, 0.15) is 11.3 Å². The fourth-order valence-electron chi connectivity index (χ4n) is 5.01. The predicted molar refractivity (Wildman–Crippen MR) is 122 cm³/mol. The first-order valence-corrected chi connectivity index (χ1v) is 11.1. The summed E-state index contributed by atoms with van der Waals surface area (Å²) in [7, 11) is 2.80. The minimum Gasteiger partial charge on any atom is -0.493 e. The third-order valence-corrected chi connectivity index (χ3v) is 6.56. The van der Waals surface area contributed by atoms with Gasteiger partial charge in [-0.05, 0) is 61.1 Å². The average Bonchev–Trinajstić information content (AvgIpc) is 3.32. The molecule has 176 valence electrons. The van der Waals surface area contributed by atoms with E-state index in [1.165, 1.54) is 14.2 Å². The Kier molecular flexibility index (Phi) is 5.51. The van der Waals surface area contributed by atoms with Gasteiger partial charge in [0.2, 0.25) is 0 Å². The maximum atomic E-state index is 12.7. The average molecular weight is 464 g/mol. The highest BCUT2D eigenvalue weighted by Gasteiger charge is 2.34. The van der Waals surface area contributed by atoms with Crippen LogP contribution >= 0.6 is 0 Å². The summed E-state index contributed by atoms with van der Waals surface area (Å²) in [5, 5.41) is 0.718. The summed E-state index contributed by atoms with van der Waals surface area (Å²) in [6.45, 7) is 1.68. The SMILES string of the molecule is COC(=O)COc1ccc([C@H]2CC(=O)Oc3c2c(C)cc2oc(=O)c4c(c32)CCC4)cc1OC. The van der Waals surface area contributed by atoms with Crippen molar-refractivity contribution in [1.29, 1.82) is 0 Å². The number of benzene rings is 2. The van der Waals surface area contributed by atoms with Crippen LogP contribution < -0.4 is 19.8 Å². The number of aryl methyl sites for hydroxylation is 2. The highest BCUT2D eigenvalue weighted by Crippen LogP contribution is 2.47. The highest BCUT2D eigenvalue weighted by atomic mass is 16.6. The summed E-state index contributed by atoms with van der Waals surface area (Å²) in [4.78, 5) is 36.6. The molecule has 2 heterocycles. The molecule has 8 nitrogen and oxygen atoms in total. The van der Waals surface area contributed by atoms with Crippen LogP contribution in [0.5, 0.6) is 17.2 Å². The van der Waals surface area contributed by atoms with E-state index in [4.69, 9.17) is 18.6 Å². The summed E-state index contributed by atoms with van der Waals surface area (Å²) in [5.74, 6) is 0.165. The molecule has 2 aromatic carbocycles. The van der Waals surface area contributed by atoms with Crippen LogP contribution in [0.15, 0.2) is 33.5 Å². The Labute approximate surface area is 195 Å². The molecule has 1 aliphatic heterocycles. The molecule has 0 N–H and O–H groups in total. The molecule has 8 heteroatoms. The topological polar surface area (TPSA) is 101 Å². The molecule has 2 aliphatic rings.